The maximum atomic E-state index is 12.7. The van der Waals surface area contributed by atoms with Crippen molar-refractivity contribution in [2.75, 3.05) is 10.0 Å². The van der Waals surface area contributed by atoms with Crippen LogP contribution in [0.3, 0.4) is 0 Å². The minimum atomic E-state index is -3.98. The fourth-order valence-corrected chi connectivity index (χ4v) is 3.96. The van der Waals surface area contributed by atoms with E-state index in [1.54, 1.807) is 37.5 Å². The molecule has 9 heteroatoms. The normalized spacial score (nSPS) is 11.1. The van der Waals surface area contributed by atoms with Gasteiger partial charge in [0.05, 0.1) is 15.5 Å². The van der Waals surface area contributed by atoms with Crippen molar-refractivity contribution in [3.05, 3.63) is 87.7 Å². The van der Waals surface area contributed by atoms with Crippen LogP contribution >= 0.6 is 0 Å². The summed E-state index contributed by atoms with van der Waals surface area (Å²) < 4.78 is 28.0. The molecule has 0 aliphatic rings. The molecule has 0 fully saturated rings. The molecular weight excluding hydrogens is 392 g/mol. The van der Waals surface area contributed by atoms with Crippen LogP contribution < -0.4 is 10.0 Å². The summed E-state index contributed by atoms with van der Waals surface area (Å²) in [5.41, 5.74) is 2.94. The van der Waals surface area contributed by atoms with Crippen LogP contribution in [0.2, 0.25) is 0 Å². The van der Waals surface area contributed by atoms with Gasteiger partial charge in [-0.05, 0) is 49.2 Å². The summed E-state index contributed by atoms with van der Waals surface area (Å²) in [6.45, 7) is 4.02. The average molecular weight is 412 g/mol. The summed E-state index contributed by atoms with van der Waals surface area (Å²) in [6, 6.07) is 12.7. The van der Waals surface area contributed by atoms with E-state index in [0.29, 0.717) is 12.2 Å². The molecular formula is C20H20N4O4S. The van der Waals surface area contributed by atoms with Crippen molar-refractivity contribution in [1.29, 1.82) is 0 Å². The van der Waals surface area contributed by atoms with E-state index in [1.165, 1.54) is 12.1 Å². The Kier molecular flexibility index (Phi) is 5.79. The Balaban J connectivity index is 1.87. The molecule has 0 spiro atoms. The van der Waals surface area contributed by atoms with E-state index in [4.69, 9.17) is 0 Å². The highest BCUT2D eigenvalue weighted by molar-refractivity contribution is 7.92. The smallest absolute Gasteiger partial charge is 0.293 e. The summed E-state index contributed by atoms with van der Waals surface area (Å²) in [7, 11) is -3.98. The Morgan fingerprint density at radius 2 is 1.83 bits per heavy atom. The average Bonchev–Trinajstić information content (AvgIpc) is 2.69. The molecule has 0 radical (unpaired) electrons. The Labute approximate surface area is 168 Å². The second kappa shape index (κ2) is 8.27. The second-order valence-electron chi connectivity index (χ2n) is 6.57. The summed E-state index contributed by atoms with van der Waals surface area (Å²) in [6.07, 6.45) is 3.28. The molecule has 8 nitrogen and oxygen atoms in total. The lowest BCUT2D eigenvalue weighted by molar-refractivity contribution is -0.384. The van der Waals surface area contributed by atoms with Crippen LogP contribution in [0, 0.1) is 24.0 Å². The zero-order valence-electron chi connectivity index (χ0n) is 15.9. The highest BCUT2D eigenvalue weighted by atomic mass is 32.2. The highest BCUT2D eigenvalue weighted by Gasteiger charge is 2.22. The van der Waals surface area contributed by atoms with E-state index in [9.17, 15) is 18.5 Å². The summed E-state index contributed by atoms with van der Waals surface area (Å²) >= 11 is 0. The molecule has 3 aromatic rings. The Morgan fingerprint density at radius 3 is 2.48 bits per heavy atom. The zero-order valence-corrected chi connectivity index (χ0v) is 16.7. The minimum absolute atomic E-state index is 0.184. The number of nitro benzene ring substituents is 1. The number of hydrogen-bond acceptors (Lipinski definition) is 6. The molecule has 2 aromatic carbocycles. The molecule has 150 valence electrons. The first-order valence-electron chi connectivity index (χ1n) is 8.77. The number of sulfonamides is 1. The van der Waals surface area contributed by atoms with E-state index in [1.807, 2.05) is 19.1 Å². The van der Waals surface area contributed by atoms with Crippen LogP contribution in [0.5, 0.6) is 0 Å². The van der Waals surface area contributed by atoms with Crippen LogP contribution in [0.25, 0.3) is 0 Å². The van der Waals surface area contributed by atoms with E-state index in [-0.39, 0.29) is 16.3 Å². The molecule has 29 heavy (non-hydrogen) atoms. The topological polar surface area (TPSA) is 114 Å². The predicted octanol–water partition coefficient (Wildman–Crippen LogP) is 4.02. The lowest BCUT2D eigenvalue weighted by atomic mass is 10.1. The number of pyridine rings is 1. The molecule has 1 aromatic heterocycles. The van der Waals surface area contributed by atoms with Crippen LogP contribution in [0.15, 0.2) is 65.8 Å². The lowest BCUT2D eigenvalue weighted by Gasteiger charge is -2.12. The maximum absolute atomic E-state index is 12.7. The summed E-state index contributed by atoms with van der Waals surface area (Å²) in [5, 5.41) is 14.5. The van der Waals surface area contributed by atoms with E-state index >= 15 is 0 Å². The van der Waals surface area contributed by atoms with Gasteiger partial charge >= 0.3 is 0 Å². The molecule has 0 saturated carbocycles. The quantitative estimate of drug-likeness (QED) is 0.447. The molecule has 0 unspecified atom stereocenters. The van der Waals surface area contributed by atoms with Gasteiger partial charge < -0.3 is 5.32 Å². The van der Waals surface area contributed by atoms with E-state index < -0.39 is 14.9 Å². The maximum Gasteiger partial charge on any atom is 0.293 e. The molecule has 2 N–H and O–H groups in total. The Hall–Kier alpha value is -3.46. The number of nitrogens with zero attached hydrogens (tertiary/aromatic N) is 2. The van der Waals surface area contributed by atoms with Gasteiger partial charge in [-0.15, -0.1) is 0 Å². The first-order chi connectivity index (χ1) is 13.8. The van der Waals surface area contributed by atoms with Crippen molar-refractivity contribution in [2.45, 2.75) is 25.3 Å². The number of nitro groups is 1. The predicted molar refractivity (Wildman–Crippen MR) is 111 cm³/mol. The summed E-state index contributed by atoms with van der Waals surface area (Å²) in [5.74, 6) is 0. The molecule has 3 rings (SSSR count). The molecule has 0 amide bonds. The van der Waals surface area contributed by atoms with Gasteiger partial charge in [-0.1, -0.05) is 23.8 Å². The van der Waals surface area contributed by atoms with Gasteiger partial charge in [-0.3, -0.25) is 19.8 Å². The highest BCUT2D eigenvalue weighted by Crippen LogP contribution is 2.29. The van der Waals surface area contributed by atoms with Gasteiger partial charge in [-0.2, -0.15) is 0 Å². The van der Waals surface area contributed by atoms with Gasteiger partial charge in [0.1, 0.15) is 5.69 Å². The molecule has 0 aliphatic carbocycles. The van der Waals surface area contributed by atoms with Crippen LogP contribution in [0.4, 0.5) is 17.1 Å². The van der Waals surface area contributed by atoms with Crippen molar-refractivity contribution < 1.29 is 13.3 Å². The van der Waals surface area contributed by atoms with Gasteiger partial charge in [0.2, 0.25) is 0 Å². The van der Waals surface area contributed by atoms with Crippen molar-refractivity contribution in [3.8, 4) is 0 Å². The molecule has 0 atom stereocenters. The van der Waals surface area contributed by atoms with Crippen LogP contribution in [-0.2, 0) is 16.6 Å². The number of nitrogens with one attached hydrogen (secondary N) is 2. The number of hydrogen-bond donors (Lipinski definition) is 2. The van der Waals surface area contributed by atoms with E-state index in [2.05, 4.69) is 15.0 Å². The molecule has 0 bridgehead atoms. The number of rotatable bonds is 7. The summed E-state index contributed by atoms with van der Waals surface area (Å²) in [4.78, 5) is 14.7. The van der Waals surface area contributed by atoms with E-state index in [0.717, 1.165) is 22.8 Å². The third-order valence-corrected chi connectivity index (χ3v) is 5.67. The lowest BCUT2D eigenvalue weighted by Crippen LogP contribution is -2.14. The SMILES string of the molecule is Cc1ccc(NS(=O)(=O)c2ccc(NCc3cccnc3)c([N+](=O)[O-])c2)c(C)c1. The van der Waals surface area contributed by atoms with Crippen LogP contribution in [-0.4, -0.2) is 18.3 Å². The van der Waals surface area contributed by atoms with Crippen molar-refractivity contribution in [2.24, 2.45) is 0 Å². The number of aromatic nitrogens is 1. The first-order valence-corrected chi connectivity index (χ1v) is 10.3. The molecule has 0 aliphatic heterocycles. The fourth-order valence-electron chi connectivity index (χ4n) is 2.81. The fraction of sp³-hybridized carbons (Fsp3) is 0.150. The monoisotopic (exact) mass is 412 g/mol. The largest absolute Gasteiger partial charge is 0.375 e. The van der Waals surface area contributed by atoms with Crippen molar-refractivity contribution in [3.63, 3.8) is 0 Å². The zero-order chi connectivity index (χ0) is 21.0. The minimum Gasteiger partial charge on any atom is -0.375 e. The standard InChI is InChI=1S/C20H20N4O4S/c1-14-5-7-18(15(2)10-14)23-29(27,28)17-6-8-19(20(11-17)24(25)26)22-13-16-4-3-9-21-12-16/h3-12,22-23H,13H2,1-2H3. The second-order valence-corrected chi connectivity index (χ2v) is 8.26. The Bertz CT molecular complexity index is 1150. The van der Waals surface area contributed by atoms with Gasteiger partial charge in [-0.25, -0.2) is 8.42 Å². The first kappa shape index (κ1) is 20.3. The van der Waals surface area contributed by atoms with Gasteiger partial charge in [0, 0.05) is 25.0 Å². The molecule has 0 saturated heterocycles. The third-order valence-electron chi connectivity index (χ3n) is 4.31. The van der Waals surface area contributed by atoms with Crippen molar-refractivity contribution in [1.82, 2.24) is 4.98 Å². The number of benzene rings is 2. The third kappa shape index (κ3) is 4.88. The van der Waals surface area contributed by atoms with Gasteiger partial charge in [0.15, 0.2) is 0 Å². The number of aryl methyl sites for hydroxylation is 2. The van der Waals surface area contributed by atoms with Crippen molar-refractivity contribution >= 4 is 27.1 Å². The Morgan fingerprint density at radius 1 is 1.07 bits per heavy atom. The number of anilines is 2. The molecule has 1 heterocycles. The van der Waals surface area contributed by atoms with Crippen LogP contribution in [0.1, 0.15) is 16.7 Å². The van der Waals surface area contributed by atoms with Gasteiger partial charge in [0.25, 0.3) is 15.7 Å².